The predicted molar refractivity (Wildman–Crippen MR) is 133 cm³/mol. The summed E-state index contributed by atoms with van der Waals surface area (Å²) in [5.41, 5.74) is 12.7. The maximum absolute atomic E-state index is 10.6. The van der Waals surface area contributed by atoms with Crippen LogP contribution in [0.3, 0.4) is 0 Å². The molecule has 3 aromatic rings. The molecule has 3 N–H and O–H groups in total. The minimum Gasteiger partial charge on any atom is -0.448 e. The van der Waals surface area contributed by atoms with E-state index in [0.29, 0.717) is 6.54 Å². The van der Waals surface area contributed by atoms with Gasteiger partial charge in [-0.3, -0.25) is 9.97 Å². The first kappa shape index (κ1) is 24.8. The number of aromatic nitrogens is 3. The summed E-state index contributed by atoms with van der Waals surface area (Å²) < 4.78 is 4.72. The Morgan fingerprint density at radius 2 is 1.79 bits per heavy atom. The Kier molecular flexibility index (Phi) is 8.15. The highest BCUT2D eigenvalue weighted by molar-refractivity contribution is 7.10. The fraction of sp³-hybridized carbons (Fsp3) is 0.440. The lowest BCUT2D eigenvalue weighted by molar-refractivity contribution is 0.157. The van der Waals surface area contributed by atoms with Crippen molar-refractivity contribution in [1.29, 1.82) is 0 Å². The van der Waals surface area contributed by atoms with Gasteiger partial charge in [-0.1, -0.05) is 32.9 Å². The minimum absolute atomic E-state index is 0.0181. The Labute approximate surface area is 199 Å². The quantitative estimate of drug-likeness (QED) is 0.454. The third-order valence-electron chi connectivity index (χ3n) is 5.46. The summed E-state index contributed by atoms with van der Waals surface area (Å²) in [6.07, 6.45) is 4.64. The molecule has 2 heterocycles. The third-order valence-corrected chi connectivity index (χ3v) is 6.31. The van der Waals surface area contributed by atoms with Crippen molar-refractivity contribution in [2.75, 3.05) is 19.7 Å². The Hall–Kier alpha value is -2.84. The van der Waals surface area contributed by atoms with Crippen molar-refractivity contribution in [2.24, 2.45) is 5.73 Å². The molecule has 8 heteroatoms. The second kappa shape index (κ2) is 10.9. The molecule has 0 radical (unpaired) electrons. The van der Waals surface area contributed by atoms with Crippen molar-refractivity contribution in [3.05, 3.63) is 62.9 Å². The fourth-order valence-corrected chi connectivity index (χ4v) is 4.30. The summed E-state index contributed by atoms with van der Waals surface area (Å²) in [4.78, 5) is 24.5. The summed E-state index contributed by atoms with van der Waals surface area (Å²) in [6.45, 7) is 12.4. The molecule has 0 aliphatic carbocycles. The van der Waals surface area contributed by atoms with E-state index in [4.69, 9.17) is 15.5 Å². The number of benzene rings is 1. The van der Waals surface area contributed by atoms with Crippen molar-refractivity contribution in [1.82, 2.24) is 20.3 Å². The third kappa shape index (κ3) is 7.07. The second-order valence-electron chi connectivity index (χ2n) is 9.21. The number of hydrogen-bond acceptors (Lipinski definition) is 7. The number of thiazole rings is 1. The Morgan fingerprint density at radius 3 is 2.45 bits per heavy atom. The Bertz CT molecular complexity index is 1090. The van der Waals surface area contributed by atoms with Crippen molar-refractivity contribution >= 4 is 17.4 Å². The van der Waals surface area contributed by atoms with E-state index in [0.717, 1.165) is 41.5 Å². The van der Waals surface area contributed by atoms with Crippen LogP contribution < -0.4 is 11.1 Å². The van der Waals surface area contributed by atoms with Crippen LogP contribution >= 0.6 is 11.3 Å². The van der Waals surface area contributed by atoms with Gasteiger partial charge >= 0.3 is 6.09 Å². The van der Waals surface area contributed by atoms with Crippen LogP contribution in [-0.2, 0) is 23.0 Å². The molecule has 0 aliphatic rings. The molecule has 0 unspecified atom stereocenters. The molecule has 1 aromatic carbocycles. The first-order chi connectivity index (χ1) is 15.6. The van der Waals surface area contributed by atoms with Crippen LogP contribution in [0.15, 0.2) is 29.9 Å². The summed E-state index contributed by atoms with van der Waals surface area (Å²) in [6, 6.07) is 4.53. The second-order valence-corrected chi connectivity index (χ2v) is 10.2. The Morgan fingerprint density at radius 1 is 1.06 bits per heavy atom. The number of nitrogens with zero attached hydrogens (tertiary/aromatic N) is 3. The molecule has 0 saturated carbocycles. The molecule has 3 rings (SSSR count). The van der Waals surface area contributed by atoms with Crippen LogP contribution in [0.2, 0.25) is 0 Å². The average Bonchev–Trinajstić information content (AvgIpc) is 3.21. The molecule has 7 nitrogen and oxygen atoms in total. The summed E-state index contributed by atoms with van der Waals surface area (Å²) >= 11 is 1.66. The van der Waals surface area contributed by atoms with Crippen LogP contribution in [0.25, 0.3) is 11.4 Å². The summed E-state index contributed by atoms with van der Waals surface area (Å²) in [7, 11) is 0. The molecule has 1 amide bonds. The lowest BCUT2D eigenvalue weighted by Gasteiger charge is -2.16. The number of nitrogens with one attached hydrogen (secondary N) is 1. The van der Waals surface area contributed by atoms with E-state index in [1.807, 2.05) is 12.4 Å². The average molecular weight is 468 g/mol. The van der Waals surface area contributed by atoms with E-state index < -0.39 is 6.09 Å². The van der Waals surface area contributed by atoms with Gasteiger partial charge < -0.3 is 15.8 Å². The topological polar surface area (TPSA) is 103 Å². The van der Waals surface area contributed by atoms with Gasteiger partial charge in [-0.25, -0.2) is 9.78 Å². The van der Waals surface area contributed by atoms with Gasteiger partial charge in [0, 0.05) is 30.0 Å². The molecule has 0 fully saturated rings. The van der Waals surface area contributed by atoms with Crippen molar-refractivity contribution in [3.63, 3.8) is 0 Å². The molecule has 0 saturated heterocycles. The van der Waals surface area contributed by atoms with E-state index >= 15 is 0 Å². The number of nitrogens with two attached hydrogens (primary N) is 1. The summed E-state index contributed by atoms with van der Waals surface area (Å²) in [5.74, 6) is 0. The molecule has 2 aromatic heterocycles. The molecular formula is C25H33N5O2S. The normalized spacial score (nSPS) is 11.5. The standard InChI is InChI=1S/C25H33N5O2S/c1-16-11-19(17(2)10-18(16)6-7-27-8-9-32-24(26)31)12-23-30-21(15-33-23)20-13-29-22(14-28-20)25(3,4)5/h10-11,13-15,27H,6-9,12H2,1-5H3,(H2,26,31). The van der Waals surface area contributed by atoms with E-state index in [1.54, 1.807) is 11.3 Å². The van der Waals surface area contributed by atoms with Gasteiger partial charge in [0.15, 0.2) is 0 Å². The van der Waals surface area contributed by atoms with Gasteiger partial charge in [-0.05, 0) is 49.1 Å². The highest BCUT2D eigenvalue weighted by atomic mass is 32.1. The molecule has 0 bridgehead atoms. The number of carbonyl (C=O) groups excluding carboxylic acids is 1. The van der Waals surface area contributed by atoms with Gasteiger partial charge in [-0.2, -0.15) is 0 Å². The van der Waals surface area contributed by atoms with Crippen LogP contribution in [0, 0.1) is 13.8 Å². The lowest BCUT2D eigenvalue weighted by atomic mass is 9.93. The number of aryl methyl sites for hydroxylation is 2. The maximum atomic E-state index is 10.6. The lowest BCUT2D eigenvalue weighted by Crippen LogP contribution is -2.25. The zero-order valence-electron chi connectivity index (χ0n) is 20.1. The highest BCUT2D eigenvalue weighted by Crippen LogP contribution is 2.26. The number of amides is 1. The van der Waals surface area contributed by atoms with Gasteiger partial charge in [0.1, 0.15) is 18.0 Å². The zero-order chi connectivity index (χ0) is 24.0. The largest absolute Gasteiger partial charge is 0.448 e. The molecule has 0 spiro atoms. The van der Waals surface area contributed by atoms with E-state index in [2.05, 4.69) is 67.4 Å². The van der Waals surface area contributed by atoms with E-state index in [9.17, 15) is 4.79 Å². The van der Waals surface area contributed by atoms with Crippen molar-refractivity contribution in [2.45, 2.75) is 52.9 Å². The van der Waals surface area contributed by atoms with Crippen LogP contribution in [0.5, 0.6) is 0 Å². The van der Waals surface area contributed by atoms with Gasteiger partial charge in [-0.15, -0.1) is 11.3 Å². The van der Waals surface area contributed by atoms with Crippen LogP contribution in [-0.4, -0.2) is 40.7 Å². The maximum Gasteiger partial charge on any atom is 0.404 e. The van der Waals surface area contributed by atoms with E-state index in [1.165, 1.54) is 22.3 Å². The molecule has 0 atom stereocenters. The van der Waals surface area contributed by atoms with Gasteiger partial charge in [0.05, 0.1) is 16.9 Å². The van der Waals surface area contributed by atoms with E-state index in [-0.39, 0.29) is 12.0 Å². The first-order valence-corrected chi connectivity index (χ1v) is 12.0. The number of rotatable bonds is 9. The fourth-order valence-electron chi connectivity index (χ4n) is 3.49. The van der Waals surface area contributed by atoms with Gasteiger partial charge in [0.25, 0.3) is 0 Å². The SMILES string of the molecule is Cc1cc(Cc2nc(-c3cnc(C(C)(C)C)cn3)cs2)c(C)cc1CCNCCOC(N)=O. The molecular weight excluding hydrogens is 434 g/mol. The monoisotopic (exact) mass is 467 g/mol. The van der Waals surface area contributed by atoms with Crippen LogP contribution in [0.4, 0.5) is 4.79 Å². The highest BCUT2D eigenvalue weighted by Gasteiger charge is 2.16. The van der Waals surface area contributed by atoms with Crippen molar-refractivity contribution in [3.8, 4) is 11.4 Å². The number of ether oxygens (including phenoxy) is 1. The Balaban J connectivity index is 1.60. The molecule has 0 aliphatic heterocycles. The zero-order valence-corrected chi connectivity index (χ0v) is 20.9. The van der Waals surface area contributed by atoms with Gasteiger partial charge in [0.2, 0.25) is 0 Å². The number of hydrogen-bond donors (Lipinski definition) is 2. The molecule has 176 valence electrons. The minimum atomic E-state index is -0.738. The smallest absolute Gasteiger partial charge is 0.404 e. The number of primary amides is 1. The first-order valence-electron chi connectivity index (χ1n) is 11.1. The van der Waals surface area contributed by atoms with Crippen molar-refractivity contribution < 1.29 is 9.53 Å². The number of carbonyl (C=O) groups is 1. The predicted octanol–water partition coefficient (Wildman–Crippen LogP) is 4.33. The molecule has 33 heavy (non-hydrogen) atoms. The summed E-state index contributed by atoms with van der Waals surface area (Å²) in [5, 5.41) is 6.39. The van der Waals surface area contributed by atoms with Crippen LogP contribution in [0.1, 0.15) is 53.7 Å².